The van der Waals surface area contributed by atoms with Crippen LogP contribution in [0.1, 0.15) is 42.5 Å². The number of nitrogens with zero attached hydrogens (tertiary/aromatic N) is 3. The first-order valence-electron chi connectivity index (χ1n) is 9.55. The summed E-state index contributed by atoms with van der Waals surface area (Å²) in [6.07, 6.45) is 7.91. The number of aromatic nitrogens is 1. The van der Waals surface area contributed by atoms with Crippen LogP contribution in [0.2, 0.25) is 0 Å². The van der Waals surface area contributed by atoms with Crippen LogP contribution < -0.4 is 5.32 Å². The number of nitrogens with one attached hydrogen (secondary N) is 1. The van der Waals surface area contributed by atoms with Gasteiger partial charge in [-0.25, -0.2) is 4.79 Å². The van der Waals surface area contributed by atoms with Crippen LogP contribution in [0.15, 0.2) is 24.5 Å². The van der Waals surface area contributed by atoms with Crippen molar-refractivity contribution in [1.29, 1.82) is 0 Å². The number of rotatable bonds is 2. The molecule has 1 N–H and O–H groups in total. The third kappa shape index (κ3) is 3.53. The van der Waals surface area contributed by atoms with Gasteiger partial charge < -0.3 is 19.9 Å². The summed E-state index contributed by atoms with van der Waals surface area (Å²) < 4.78 is 5.57. The normalized spacial score (nSPS) is 27.8. The summed E-state index contributed by atoms with van der Waals surface area (Å²) in [5.74, 6) is 0.0790. The average Bonchev–Trinajstić information content (AvgIpc) is 2.92. The number of hydrogen-bond donors (Lipinski definition) is 1. The van der Waals surface area contributed by atoms with Crippen molar-refractivity contribution >= 4 is 12.0 Å². The molecule has 3 aliphatic heterocycles. The number of likely N-dealkylation sites (tertiary alicyclic amines) is 2. The number of ether oxygens (including phenoxy) is 1. The Labute approximate surface area is 153 Å². The van der Waals surface area contributed by atoms with Crippen LogP contribution in [-0.2, 0) is 4.74 Å². The third-order valence-corrected chi connectivity index (χ3v) is 5.97. The Bertz CT molecular complexity index is 660. The largest absolute Gasteiger partial charge is 0.441 e. The first-order chi connectivity index (χ1) is 12.7. The van der Waals surface area contributed by atoms with E-state index in [0.29, 0.717) is 18.2 Å². The lowest BCUT2D eigenvalue weighted by molar-refractivity contribution is 0.0405. The van der Waals surface area contributed by atoms with Gasteiger partial charge in [0.15, 0.2) is 0 Å². The topological polar surface area (TPSA) is 74.8 Å². The predicted molar refractivity (Wildman–Crippen MR) is 95.8 cm³/mol. The second-order valence-corrected chi connectivity index (χ2v) is 7.58. The van der Waals surface area contributed by atoms with Crippen molar-refractivity contribution in [2.45, 2.75) is 43.7 Å². The van der Waals surface area contributed by atoms with Gasteiger partial charge in [-0.05, 0) is 44.4 Å². The average molecular weight is 358 g/mol. The molecule has 3 aliphatic rings. The number of piperidine rings is 1. The van der Waals surface area contributed by atoms with Crippen molar-refractivity contribution in [2.24, 2.45) is 0 Å². The zero-order valence-electron chi connectivity index (χ0n) is 15.0. The van der Waals surface area contributed by atoms with Crippen molar-refractivity contribution in [3.63, 3.8) is 0 Å². The predicted octanol–water partition coefficient (Wildman–Crippen LogP) is 1.65. The number of carbonyl (C=O) groups excluding carboxylic acids is 2. The van der Waals surface area contributed by atoms with Crippen LogP contribution in [-0.4, -0.2) is 71.2 Å². The number of alkyl carbamates (subject to hydrolysis) is 1. The van der Waals surface area contributed by atoms with Gasteiger partial charge in [0, 0.05) is 44.5 Å². The van der Waals surface area contributed by atoms with Gasteiger partial charge in [-0.15, -0.1) is 0 Å². The summed E-state index contributed by atoms with van der Waals surface area (Å²) in [6.45, 7) is 4.21. The van der Waals surface area contributed by atoms with Crippen LogP contribution in [0.3, 0.4) is 0 Å². The fourth-order valence-corrected chi connectivity index (χ4v) is 4.44. The highest BCUT2D eigenvalue weighted by molar-refractivity contribution is 5.93. The Morgan fingerprint density at radius 3 is 2.77 bits per heavy atom. The quantitative estimate of drug-likeness (QED) is 0.870. The maximum Gasteiger partial charge on any atom is 0.407 e. The summed E-state index contributed by atoms with van der Waals surface area (Å²) in [5, 5.41) is 2.81. The highest BCUT2D eigenvalue weighted by atomic mass is 16.6. The fraction of sp³-hybridized carbons (Fsp3) is 0.632. The van der Waals surface area contributed by atoms with Gasteiger partial charge in [0.25, 0.3) is 5.91 Å². The molecule has 4 heterocycles. The zero-order valence-corrected chi connectivity index (χ0v) is 15.0. The van der Waals surface area contributed by atoms with E-state index in [1.54, 1.807) is 18.5 Å². The highest BCUT2D eigenvalue weighted by Gasteiger charge is 2.42. The monoisotopic (exact) mass is 358 g/mol. The van der Waals surface area contributed by atoms with E-state index in [2.05, 4.69) is 15.2 Å². The summed E-state index contributed by atoms with van der Waals surface area (Å²) >= 11 is 0. The SMILES string of the molecule is O=C1NCC2(CCCN(C3CCN(C(=O)c4cccnc4)CC3)CC2)O1. The van der Waals surface area contributed by atoms with Gasteiger partial charge in [0.2, 0.25) is 0 Å². The number of hydrogen-bond acceptors (Lipinski definition) is 5. The van der Waals surface area contributed by atoms with Gasteiger partial charge in [-0.2, -0.15) is 0 Å². The molecule has 0 bridgehead atoms. The molecule has 1 spiro atoms. The molecule has 1 aromatic heterocycles. The van der Waals surface area contributed by atoms with Crippen LogP contribution in [0.25, 0.3) is 0 Å². The van der Waals surface area contributed by atoms with Gasteiger partial charge in [-0.3, -0.25) is 9.78 Å². The molecule has 7 heteroatoms. The minimum Gasteiger partial charge on any atom is -0.441 e. The lowest BCUT2D eigenvalue weighted by Crippen LogP contribution is -2.47. The number of pyridine rings is 1. The first-order valence-corrected chi connectivity index (χ1v) is 9.55. The van der Waals surface area contributed by atoms with E-state index < -0.39 is 0 Å². The molecule has 26 heavy (non-hydrogen) atoms. The molecular weight excluding hydrogens is 332 g/mol. The van der Waals surface area contributed by atoms with Crippen molar-refractivity contribution in [3.05, 3.63) is 30.1 Å². The smallest absolute Gasteiger partial charge is 0.407 e. The van der Waals surface area contributed by atoms with Crippen LogP contribution in [0.5, 0.6) is 0 Å². The second-order valence-electron chi connectivity index (χ2n) is 7.58. The molecule has 2 amide bonds. The van der Waals surface area contributed by atoms with Crippen molar-refractivity contribution < 1.29 is 14.3 Å². The van der Waals surface area contributed by atoms with E-state index in [4.69, 9.17) is 4.74 Å². The molecule has 7 nitrogen and oxygen atoms in total. The van der Waals surface area contributed by atoms with Crippen LogP contribution in [0.4, 0.5) is 4.79 Å². The van der Waals surface area contributed by atoms with E-state index in [1.165, 1.54) is 0 Å². The highest BCUT2D eigenvalue weighted by Crippen LogP contribution is 2.31. The summed E-state index contributed by atoms with van der Waals surface area (Å²) in [4.78, 5) is 32.5. The lowest BCUT2D eigenvalue weighted by Gasteiger charge is -2.38. The molecule has 1 atom stereocenters. The Hall–Kier alpha value is -2.15. The molecule has 0 saturated carbocycles. The molecule has 0 radical (unpaired) electrons. The van der Waals surface area contributed by atoms with Crippen LogP contribution >= 0.6 is 0 Å². The molecule has 0 aromatic carbocycles. The minimum absolute atomic E-state index is 0.0790. The van der Waals surface area contributed by atoms with Gasteiger partial charge in [-0.1, -0.05) is 0 Å². The maximum absolute atomic E-state index is 12.6. The molecular formula is C19H26N4O3. The fourth-order valence-electron chi connectivity index (χ4n) is 4.44. The molecule has 1 unspecified atom stereocenters. The zero-order chi connectivity index (χ0) is 18.0. The number of carbonyl (C=O) groups is 2. The summed E-state index contributed by atoms with van der Waals surface area (Å²) in [7, 11) is 0. The number of amides is 2. The Morgan fingerprint density at radius 1 is 1.23 bits per heavy atom. The molecule has 3 fully saturated rings. The van der Waals surface area contributed by atoms with Gasteiger partial charge in [0.05, 0.1) is 12.1 Å². The minimum atomic E-state index is -0.303. The maximum atomic E-state index is 12.6. The van der Waals surface area contributed by atoms with E-state index >= 15 is 0 Å². The first kappa shape index (κ1) is 17.3. The van der Waals surface area contributed by atoms with Crippen molar-refractivity contribution in [3.8, 4) is 0 Å². The van der Waals surface area contributed by atoms with Gasteiger partial charge in [0.1, 0.15) is 5.60 Å². The Balaban J connectivity index is 1.31. The standard InChI is InChI=1S/C19H26N4O3/c24-17(15-3-1-8-20-13-15)23-10-4-16(5-11-23)22-9-2-6-19(7-12-22)14-21-18(25)26-19/h1,3,8,13,16H,2,4-7,9-12,14H2,(H,21,25). The Kier molecular flexibility index (Phi) is 4.80. The van der Waals surface area contributed by atoms with E-state index in [9.17, 15) is 9.59 Å². The van der Waals surface area contributed by atoms with Crippen LogP contribution in [0, 0.1) is 0 Å². The Morgan fingerprint density at radius 2 is 2.08 bits per heavy atom. The van der Waals surface area contributed by atoms with Crippen molar-refractivity contribution in [2.75, 3.05) is 32.7 Å². The summed E-state index contributed by atoms with van der Waals surface area (Å²) in [5.41, 5.74) is 0.362. The summed E-state index contributed by atoms with van der Waals surface area (Å²) in [6, 6.07) is 4.14. The molecule has 4 rings (SSSR count). The third-order valence-electron chi connectivity index (χ3n) is 5.97. The van der Waals surface area contributed by atoms with Crippen molar-refractivity contribution in [1.82, 2.24) is 20.1 Å². The van der Waals surface area contributed by atoms with E-state index in [1.807, 2.05) is 11.0 Å². The molecule has 0 aliphatic carbocycles. The lowest BCUT2D eigenvalue weighted by atomic mass is 9.95. The van der Waals surface area contributed by atoms with E-state index in [0.717, 1.165) is 58.3 Å². The van der Waals surface area contributed by atoms with Gasteiger partial charge >= 0.3 is 6.09 Å². The molecule has 140 valence electrons. The molecule has 3 saturated heterocycles. The molecule has 1 aromatic rings. The second kappa shape index (κ2) is 7.23. The van der Waals surface area contributed by atoms with E-state index in [-0.39, 0.29) is 17.6 Å².